The Labute approximate surface area is 81.9 Å². The molecule has 0 radical (unpaired) electrons. The average molecular weight is 180 g/mol. The van der Waals surface area contributed by atoms with Crippen LogP contribution in [-0.2, 0) is 6.42 Å². The van der Waals surface area contributed by atoms with Crippen molar-refractivity contribution in [1.82, 2.24) is 10.3 Å². The van der Waals surface area contributed by atoms with Crippen molar-refractivity contribution in [2.75, 3.05) is 13.1 Å². The van der Waals surface area contributed by atoms with Gasteiger partial charge in [0.1, 0.15) is 0 Å². The Morgan fingerprint density at radius 2 is 2.08 bits per heavy atom. The number of rotatable bonds is 6. The quantitative estimate of drug-likeness (QED) is 0.679. The fraction of sp³-hybridized carbons (Fsp3) is 0.545. The van der Waals surface area contributed by atoms with E-state index in [2.05, 4.69) is 29.4 Å². The second-order valence-corrected chi connectivity index (χ2v) is 3.17. The lowest BCUT2D eigenvalue weighted by Gasteiger charge is -2.01. The molecule has 1 N–H and O–H groups in total. The molecular weight excluding hydrogens is 160 g/mol. The summed E-state index contributed by atoms with van der Waals surface area (Å²) in [5.41, 5.74) is 1.39. The normalized spacial score (nSPS) is 10.2. The van der Waals surface area contributed by atoms with Crippen LogP contribution in [0.4, 0.5) is 0 Å². The summed E-state index contributed by atoms with van der Waals surface area (Å²) in [6.07, 6.45) is 7.42. The molecule has 0 saturated carbocycles. The van der Waals surface area contributed by atoms with E-state index in [1.54, 1.807) is 0 Å². The fourth-order valence-electron chi connectivity index (χ4n) is 1.31. The second-order valence-electron chi connectivity index (χ2n) is 3.17. The van der Waals surface area contributed by atoms with Crippen molar-refractivity contribution in [3.63, 3.8) is 0 Å². The van der Waals surface area contributed by atoms with E-state index in [0.717, 1.165) is 13.1 Å². The first kappa shape index (κ1) is 10.2. The van der Waals surface area contributed by atoms with Crippen molar-refractivity contribution in [2.24, 2.45) is 0 Å². The summed E-state index contributed by atoms with van der Waals surface area (Å²) in [4.78, 5) is 3.99. The monoisotopic (exact) mass is 180 g/mol. The predicted molar refractivity (Wildman–Crippen MR) is 57.8 cm³/mol. The number of unbranched alkanes of at least 4 members (excludes halogenated alkanes) is 1. The summed E-state index contributed by atoms with van der Waals surface area (Å²) in [6, 6.07) is 4.18. The molecule has 0 fully saturated rings. The molecule has 1 aromatic rings. The average Bonchev–Trinajstić information content (AvgIpc) is 2.19. The molecule has 0 saturated heterocycles. The predicted octanol–water partition coefficient (Wildman–Crippen LogP) is 2.26. The molecule has 0 aromatic carbocycles. The van der Waals surface area contributed by atoms with Crippen molar-refractivity contribution in [3.05, 3.63) is 30.1 Å². The highest BCUT2D eigenvalue weighted by molar-refractivity contribution is 5.09. The number of aryl methyl sites for hydroxylation is 1. The minimum atomic E-state index is 0. The summed E-state index contributed by atoms with van der Waals surface area (Å²) >= 11 is 0. The van der Waals surface area contributed by atoms with Gasteiger partial charge in [0, 0.05) is 13.8 Å². The highest BCUT2D eigenvalue weighted by Gasteiger charge is 1.91. The lowest BCUT2D eigenvalue weighted by molar-refractivity contribution is 0.640. The van der Waals surface area contributed by atoms with Gasteiger partial charge in [-0.05, 0) is 50.0 Å². The lowest BCUT2D eigenvalue weighted by Crippen LogP contribution is -2.13. The highest BCUT2D eigenvalue weighted by Crippen LogP contribution is 2.02. The van der Waals surface area contributed by atoms with E-state index in [0.29, 0.717) is 0 Å². The van der Waals surface area contributed by atoms with Gasteiger partial charge in [-0.25, -0.2) is 0 Å². The van der Waals surface area contributed by atoms with E-state index in [-0.39, 0.29) is 1.43 Å². The Balaban J connectivity index is 0.00000169. The van der Waals surface area contributed by atoms with Gasteiger partial charge >= 0.3 is 0 Å². The molecule has 0 aliphatic heterocycles. The van der Waals surface area contributed by atoms with Gasteiger partial charge in [-0.2, -0.15) is 0 Å². The van der Waals surface area contributed by atoms with Crippen LogP contribution in [0.1, 0.15) is 26.8 Å². The van der Waals surface area contributed by atoms with Crippen LogP contribution in [0.5, 0.6) is 0 Å². The Kier molecular flexibility index (Phi) is 5.18. The van der Waals surface area contributed by atoms with E-state index >= 15 is 0 Å². The largest absolute Gasteiger partial charge is 0.317 e. The van der Waals surface area contributed by atoms with Gasteiger partial charge in [0.2, 0.25) is 0 Å². The molecule has 0 unspecified atom stereocenters. The third-order valence-corrected chi connectivity index (χ3v) is 2.07. The van der Waals surface area contributed by atoms with E-state index in [4.69, 9.17) is 0 Å². The van der Waals surface area contributed by atoms with Gasteiger partial charge in [-0.15, -0.1) is 0 Å². The van der Waals surface area contributed by atoms with Gasteiger partial charge < -0.3 is 5.32 Å². The molecule has 0 aliphatic rings. The topological polar surface area (TPSA) is 24.9 Å². The first-order valence-electron chi connectivity index (χ1n) is 5.03. The molecule has 1 heterocycles. The van der Waals surface area contributed by atoms with Crippen LogP contribution in [-0.4, -0.2) is 18.1 Å². The Morgan fingerprint density at radius 3 is 2.77 bits per heavy atom. The van der Waals surface area contributed by atoms with Crippen LogP contribution in [0, 0.1) is 0 Å². The van der Waals surface area contributed by atoms with Crippen molar-refractivity contribution in [3.8, 4) is 0 Å². The second kappa shape index (κ2) is 6.61. The minimum absolute atomic E-state index is 0. The molecule has 1 aromatic heterocycles. The first-order valence-corrected chi connectivity index (χ1v) is 5.03. The van der Waals surface area contributed by atoms with Crippen LogP contribution in [0.15, 0.2) is 24.5 Å². The number of hydrogen-bond donors (Lipinski definition) is 1. The molecule has 13 heavy (non-hydrogen) atoms. The number of hydrogen-bond acceptors (Lipinski definition) is 2. The van der Waals surface area contributed by atoms with Gasteiger partial charge in [0.15, 0.2) is 0 Å². The Morgan fingerprint density at radius 1 is 1.31 bits per heavy atom. The lowest BCUT2D eigenvalue weighted by atomic mass is 10.1. The third kappa shape index (κ3) is 4.63. The molecule has 0 spiro atoms. The maximum atomic E-state index is 3.99. The fourth-order valence-corrected chi connectivity index (χ4v) is 1.31. The summed E-state index contributed by atoms with van der Waals surface area (Å²) < 4.78 is 0. The maximum absolute atomic E-state index is 3.99. The SMILES string of the molecule is CCNCCCCc1ccncc1.[HH]. The third-order valence-electron chi connectivity index (χ3n) is 2.07. The Bertz CT molecular complexity index is 214. The number of nitrogens with one attached hydrogen (secondary N) is 1. The molecule has 0 amide bonds. The van der Waals surface area contributed by atoms with Crippen LogP contribution in [0.3, 0.4) is 0 Å². The van der Waals surface area contributed by atoms with E-state index < -0.39 is 0 Å². The zero-order chi connectivity index (χ0) is 9.36. The summed E-state index contributed by atoms with van der Waals surface area (Å²) in [7, 11) is 0. The van der Waals surface area contributed by atoms with Crippen molar-refractivity contribution < 1.29 is 1.43 Å². The van der Waals surface area contributed by atoms with Gasteiger partial charge in [-0.1, -0.05) is 6.92 Å². The van der Waals surface area contributed by atoms with Crippen LogP contribution >= 0.6 is 0 Å². The number of aromatic nitrogens is 1. The molecule has 74 valence electrons. The smallest absolute Gasteiger partial charge is 0.0270 e. The molecule has 0 atom stereocenters. The molecule has 0 bridgehead atoms. The number of pyridine rings is 1. The van der Waals surface area contributed by atoms with Gasteiger partial charge in [-0.3, -0.25) is 4.98 Å². The molecule has 0 aliphatic carbocycles. The molecule has 1 rings (SSSR count). The van der Waals surface area contributed by atoms with Gasteiger partial charge in [0.05, 0.1) is 0 Å². The van der Waals surface area contributed by atoms with Crippen molar-refractivity contribution >= 4 is 0 Å². The highest BCUT2D eigenvalue weighted by atomic mass is 14.8. The number of nitrogens with zero attached hydrogens (tertiary/aromatic N) is 1. The summed E-state index contributed by atoms with van der Waals surface area (Å²) in [6.45, 7) is 4.36. The van der Waals surface area contributed by atoms with Crippen LogP contribution < -0.4 is 5.32 Å². The standard InChI is InChI=1S/C11H18N2.H2/c1-2-12-8-4-3-5-11-6-9-13-10-7-11;/h6-7,9-10,12H,2-5,8H2,1H3;1H. The molecular formula is C11H20N2. The molecule has 2 heteroatoms. The molecule has 2 nitrogen and oxygen atoms in total. The maximum Gasteiger partial charge on any atom is 0.0270 e. The van der Waals surface area contributed by atoms with E-state index in [1.165, 1.54) is 24.8 Å². The van der Waals surface area contributed by atoms with E-state index in [9.17, 15) is 0 Å². The Hall–Kier alpha value is -0.890. The van der Waals surface area contributed by atoms with Crippen molar-refractivity contribution in [1.29, 1.82) is 0 Å². The first-order chi connectivity index (χ1) is 6.43. The minimum Gasteiger partial charge on any atom is -0.317 e. The zero-order valence-electron chi connectivity index (χ0n) is 8.29. The summed E-state index contributed by atoms with van der Waals surface area (Å²) in [5.74, 6) is 0. The zero-order valence-corrected chi connectivity index (χ0v) is 8.29. The van der Waals surface area contributed by atoms with E-state index in [1.807, 2.05) is 12.4 Å². The van der Waals surface area contributed by atoms with Gasteiger partial charge in [0.25, 0.3) is 0 Å². The summed E-state index contributed by atoms with van der Waals surface area (Å²) in [5, 5.41) is 3.32. The van der Waals surface area contributed by atoms with Crippen LogP contribution in [0.2, 0.25) is 0 Å². The van der Waals surface area contributed by atoms with Crippen LogP contribution in [0.25, 0.3) is 0 Å². The van der Waals surface area contributed by atoms with Crippen molar-refractivity contribution in [2.45, 2.75) is 26.2 Å².